The molecule has 0 unspecified atom stereocenters. The lowest BCUT2D eigenvalue weighted by atomic mass is 10.0. The van der Waals surface area contributed by atoms with E-state index in [1.807, 2.05) is 54.6 Å². The molecular formula is C21H13N5. The van der Waals surface area contributed by atoms with Crippen molar-refractivity contribution in [3.05, 3.63) is 72.3 Å². The first-order chi connectivity index (χ1) is 12.8. The Hall–Kier alpha value is -3.91. The molecule has 0 aliphatic heterocycles. The molecule has 3 aromatic carbocycles. The Morgan fingerprint density at radius 2 is 1.73 bits per heavy atom. The summed E-state index contributed by atoms with van der Waals surface area (Å²) in [6.45, 7) is 0. The molecule has 0 radical (unpaired) electrons. The molecule has 5 aromatic rings. The smallest absolute Gasteiger partial charge is 0.159 e. The maximum atomic E-state index is 9.10. The van der Waals surface area contributed by atoms with Crippen LogP contribution in [0.15, 0.2) is 66.7 Å². The summed E-state index contributed by atoms with van der Waals surface area (Å²) < 4.78 is 0. The predicted molar refractivity (Wildman–Crippen MR) is 101 cm³/mol. The SMILES string of the molecule is N#Cc1cccc(-c2ccc3nc(-c4n[nH]c5ccccc45)[nH]c3c2)c1. The van der Waals surface area contributed by atoms with Crippen LogP contribution in [0.4, 0.5) is 0 Å². The number of nitrogens with one attached hydrogen (secondary N) is 2. The Kier molecular flexibility index (Phi) is 3.09. The first-order valence-corrected chi connectivity index (χ1v) is 8.25. The van der Waals surface area contributed by atoms with Gasteiger partial charge in [0.05, 0.1) is 28.2 Å². The van der Waals surface area contributed by atoms with Gasteiger partial charge in [-0.15, -0.1) is 0 Å². The number of rotatable bonds is 2. The first-order valence-electron chi connectivity index (χ1n) is 8.25. The number of benzene rings is 3. The molecule has 0 saturated carbocycles. The van der Waals surface area contributed by atoms with Crippen LogP contribution < -0.4 is 0 Å². The average molecular weight is 335 g/mol. The fourth-order valence-electron chi connectivity index (χ4n) is 3.21. The minimum Gasteiger partial charge on any atom is -0.337 e. The van der Waals surface area contributed by atoms with Crippen molar-refractivity contribution in [2.75, 3.05) is 0 Å². The number of hydrogen-bond acceptors (Lipinski definition) is 3. The van der Waals surface area contributed by atoms with Gasteiger partial charge < -0.3 is 4.98 Å². The molecule has 0 saturated heterocycles. The molecule has 0 atom stereocenters. The summed E-state index contributed by atoms with van der Waals surface area (Å²) in [5.74, 6) is 0.736. The molecule has 26 heavy (non-hydrogen) atoms. The molecule has 2 heterocycles. The molecule has 122 valence electrons. The van der Waals surface area contributed by atoms with Crippen LogP contribution >= 0.6 is 0 Å². The Balaban J connectivity index is 1.63. The summed E-state index contributed by atoms with van der Waals surface area (Å²) in [6, 6.07) is 23.8. The molecule has 2 aromatic heterocycles. The van der Waals surface area contributed by atoms with Gasteiger partial charge in [0, 0.05) is 5.39 Å². The Morgan fingerprint density at radius 3 is 2.65 bits per heavy atom. The molecule has 0 amide bonds. The van der Waals surface area contributed by atoms with Crippen LogP contribution in [-0.2, 0) is 0 Å². The minimum atomic E-state index is 0.649. The summed E-state index contributed by atoms with van der Waals surface area (Å²) in [5, 5.41) is 17.6. The monoisotopic (exact) mass is 335 g/mol. The lowest BCUT2D eigenvalue weighted by Gasteiger charge is -2.01. The van der Waals surface area contributed by atoms with Crippen LogP contribution in [0.2, 0.25) is 0 Å². The predicted octanol–water partition coefficient (Wildman–Crippen LogP) is 4.64. The number of nitrogens with zero attached hydrogens (tertiary/aromatic N) is 3. The van der Waals surface area contributed by atoms with Crippen LogP contribution in [0.5, 0.6) is 0 Å². The van der Waals surface area contributed by atoms with Crippen molar-refractivity contribution in [3.8, 4) is 28.7 Å². The molecule has 5 nitrogen and oxygen atoms in total. The van der Waals surface area contributed by atoms with Crippen LogP contribution in [0.1, 0.15) is 5.56 Å². The highest BCUT2D eigenvalue weighted by Crippen LogP contribution is 2.28. The quantitative estimate of drug-likeness (QED) is 0.493. The van der Waals surface area contributed by atoms with E-state index < -0.39 is 0 Å². The first kappa shape index (κ1) is 14.4. The van der Waals surface area contributed by atoms with Gasteiger partial charge >= 0.3 is 0 Å². The second-order valence-corrected chi connectivity index (χ2v) is 6.13. The molecule has 0 fully saturated rings. The zero-order chi connectivity index (χ0) is 17.5. The highest BCUT2D eigenvalue weighted by Gasteiger charge is 2.12. The van der Waals surface area contributed by atoms with Crippen molar-refractivity contribution in [2.45, 2.75) is 0 Å². The van der Waals surface area contributed by atoms with Crippen LogP contribution in [0, 0.1) is 11.3 Å². The third-order valence-corrected chi connectivity index (χ3v) is 4.50. The summed E-state index contributed by atoms with van der Waals surface area (Å²) in [6.07, 6.45) is 0. The number of fused-ring (bicyclic) bond motifs is 2. The van der Waals surface area contributed by atoms with Gasteiger partial charge in [-0.3, -0.25) is 5.10 Å². The average Bonchev–Trinajstić information content (AvgIpc) is 3.31. The Morgan fingerprint density at radius 1 is 0.846 bits per heavy atom. The van der Waals surface area contributed by atoms with E-state index in [2.05, 4.69) is 32.3 Å². The number of hydrogen-bond donors (Lipinski definition) is 2. The highest BCUT2D eigenvalue weighted by atomic mass is 15.1. The van der Waals surface area contributed by atoms with E-state index in [4.69, 9.17) is 5.26 Å². The van der Waals surface area contributed by atoms with E-state index >= 15 is 0 Å². The van der Waals surface area contributed by atoms with Crippen molar-refractivity contribution in [1.29, 1.82) is 5.26 Å². The van der Waals surface area contributed by atoms with Crippen LogP contribution in [0.3, 0.4) is 0 Å². The minimum absolute atomic E-state index is 0.649. The lowest BCUT2D eigenvalue weighted by molar-refractivity contribution is 1.11. The number of aromatic amines is 2. The summed E-state index contributed by atoms with van der Waals surface area (Å²) in [5.41, 5.74) is 6.31. The number of H-pyrrole nitrogens is 2. The van der Waals surface area contributed by atoms with Gasteiger partial charge in [0.15, 0.2) is 5.82 Å². The number of imidazole rings is 1. The molecule has 5 heteroatoms. The van der Waals surface area contributed by atoms with Gasteiger partial charge in [0.25, 0.3) is 0 Å². The van der Waals surface area contributed by atoms with Crippen molar-refractivity contribution in [2.24, 2.45) is 0 Å². The van der Waals surface area contributed by atoms with Crippen LogP contribution in [0.25, 0.3) is 44.6 Å². The fraction of sp³-hybridized carbons (Fsp3) is 0. The van der Waals surface area contributed by atoms with Crippen molar-refractivity contribution in [1.82, 2.24) is 20.2 Å². The van der Waals surface area contributed by atoms with Crippen molar-refractivity contribution >= 4 is 21.9 Å². The van der Waals surface area contributed by atoms with E-state index in [0.29, 0.717) is 5.56 Å². The van der Waals surface area contributed by atoms with E-state index in [1.54, 1.807) is 6.07 Å². The standard InChI is InChI=1S/C21H13N5/c22-12-13-4-3-5-14(10-13)15-8-9-18-19(11-15)24-21(23-18)20-16-6-1-2-7-17(16)25-26-20/h1-11H,(H,23,24)(H,25,26). The molecule has 0 spiro atoms. The zero-order valence-corrected chi connectivity index (χ0v) is 13.7. The Labute approximate surface area is 148 Å². The molecule has 2 N–H and O–H groups in total. The molecular weight excluding hydrogens is 322 g/mol. The van der Waals surface area contributed by atoms with E-state index in [-0.39, 0.29) is 0 Å². The van der Waals surface area contributed by atoms with Crippen molar-refractivity contribution < 1.29 is 0 Å². The maximum absolute atomic E-state index is 9.10. The number of aromatic nitrogens is 4. The maximum Gasteiger partial charge on any atom is 0.159 e. The van der Waals surface area contributed by atoms with Crippen LogP contribution in [-0.4, -0.2) is 20.2 Å². The van der Waals surface area contributed by atoms with Gasteiger partial charge in [0.2, 0.25) is 0 Å². The van der Waals surface area contributed by atoms with Gasteiger partial charge in [-0.2, -0.15) is 10.4 Å². The van der Waals surface area contributed by atoms with Gasteiger partial charge in [-0.05, 0) is 41.5 Å². The summed E-state index contributed by atoms with van der Waals surface area (Å²) in [4.78, 5) is 8.05. The molecule has 0 bridgehead atoms. The molecule has 0 aliphatic carbocycles. The third kappa shape index (κ3) is 2.25. The highest BCUT2D eigenvalue weighted by molar-refractivity contribution is 5.93. The van der Waals surface area contributed by atoms with E-state index in [0.717, 1.165) is 44.6 Å². The summed E-state index contributed by atoms with van der Waals surface area (Å²) in [7, 11) is 0. The van der Waals surface area contributed by atoms with E-state index in [9.17, 15) is 0 Å². The fourth-order valence-corrected chi connectivity index (χ4v) is 3.21. The van der Waals surface area contributed by atoms with Gasteiger partial charge in [-0.25, -0.2) is 4.98 Å². The van der Waals surface area contributed by atoms with E-state index in [1.165, 1.54) is 0 Å². The zero-order valence-electron chi connectivity index (χ0n) is 13.7. The largest absolute Gasteiger partial charge is 0.337 e. The number of nitriles is 1. The molecule has 0 aliphatic rings. The number of para-hydroxylation sites is 1. The summed E-state index contributed by atoms with van der Waals surface area (Å²) >= 11 is 0. The third-order valence-electron chi connectivity index (χ3n) is 4.50. The second kappa shape index (κ2) is 5.57. The molecule has 5 rings (SSSR count). The van der Waals surface area contributed by atoms with Crippen molar-refractivity contribution in [3.63, 3.8) is 0 Å². The topological polar surface area (TPSA) is 81.2 Å². The lowest BCUT2D eigenvalue weighted by Crippen LogP contribution is -1.81. The second-order valence-electron chi connectivity index (χ2n) is 6.13. The Bertz CT molecular complexity index is 1300. The normalized spacial score (nSPS) is 11.0. The van der Waals surface area contributed by atoms with Gasteiger partial charge in [-0.1, -0.05) is 36.4 Å². The van der Waals surface area contributed by atoms with Gasteiger partial charge in [0.1, 0.15) is 5.69 Å².